The van der Waals surface area contributed by atoms with Crippen LogP contribution in [0.2, 0.25) is 10.0 Å². The molecule has 126 valence electrons. The summed E-state index contributed by atoms with van der Waals surface area (Å²) in [4.78, 5) is 14.5. The van der Waals surface area contributed by atoms with E-state index in [0.29, 0.717) is 30.2 Å². The van der Waals surface area contributed by atoms with Gasteiger partial charge in [-0.2, -0.15) is 0 Å². The number of carbonyl (C=O) groups is 1. The van der Waals surface area contributed by atoms with Gasteiger partial charge in [-0.15, -0.1) is 10.2 Å². The Morgan fingerprint density at radius 1 is 0.960 bits per heavy atom. The quantitative estimate of drug-likeness (QED) is 0.685. The lowest BCUT2D eigenvalue weighted by Gasteiger charge is -2.28. The maximum Gasteiger partial charge on any atom is 0.255 e. The first-order chi connectivity index (χ1) is 12.1. The highest BCUT2D eigenvalue weighted by Gasteiger charge is 2.27. The van der Waals surface area contributed by atoms with E-state index in [1.165, 1.54) is 0 Å². The van der Waals surface area contributed by atoms with E-state index in [1.54, 1.807) is 23.1 Å². The standard InChI is InChI=1S/C18H14Cl2N4O/c19-14-8-4-7-13(16(14)20)18(25)23-9-10-24-15(11-23)21-22-17(24)12-5-2-1-3-6-12/h1-8H,9-11H2. The van der Waals surface area contributed by atoms with Gasteiger partial charge in [-0.3, -0.25) is 4.79 Å². The van der Waals surface area contributed by atoms with E-state index in [2.05, 4.69) is 14.8 Å². The minimum atomic E-state index is -0.150. The molecule has 0 saturated heterocycles. The van der Waals surface area contributed by atoms with Gasteiger partial charge in [0.25, 0.3) is 5.91 Å². The number of benzene rings is 2. The fourth-order valence-electron chi connectivity index (χ4n) is 2.97. The molecule has 0 saturated carbocycles. The Bertz CT molecular complexity index is 940. The fourth-order valence-corrected chi connectivity index (χ4v) is 3.35. The summed E-state index contributed by atoms with van der Waals surface area (Å²) in [6, 6.07) is 15.0. The molecular weight excluding hydrogens is 359 g/mol. The minimum Gasteiger partial charge on any atom is -0.329 e. The zero-order valence-electron chi connectivity index (χ0n) is 13.2. The first-order valence-corrected chi connectivity index (χ1v) is 8.61. The molecule has 2 aromatic carbocycles. The van der Waals surface area contributed by atoms with E-state index >= 15 is 0 Å². The molecule has 0 radical (unpaired) electrons. The van der Waals surface area contributed by atoms with Crippen LogP contribution in [-0.2, 0) is 13.1 Å². The monoisotopic (exact) mass is 372 g/mol. The summed E-state index contributed by atoms with van der Waals surface area (Å²) in [6.45, 7) is 1.59. The summed E-state index contributed by atoms with van der Waals surface area (Å²) < 4.78 is 2.05. The van der Waals surface area contributed by atoms with Crippen molar-refractivity contribution in [3.63, 3.8) is 0 Å². The van der Waals surface area contributed by atoms with Crippen LogP contribution in [0.4, 0.5) is 0 Å². The maximum atomic E-state index is 12.8. The normalized spacial score (nSPS) is 13.6. The summed E-state index contributed by atoms with van der Waals surface area (Å²) in [5.74, 6) is 1.43. The highest BCUT2D eigenvalue weighted by Crippen LogP contribution is 2.28. The number of rotatable bonds is 2. The first-order valence-electron chi connectivity index (χ1n) is 7.86. The first kappa shape index (κ1) is 16.1. The van der Waals surface area contributed by atoms with Crippen molar-refractivity contribution < 1.29 is 4.79 Å². The van der Waals surface area contributed by atoms with Crippen molar-refractivity contribution in [2.24, 2.45) is 0 Å². The second-order valence-corrected chi connectivity index (χ2v) is 6.57. The van der Waals surface area contributed by atoms with Crippen molar-refractivity contribution in [2.45, 2.75) is 13.1 Å². The molecule has 1 amide bonds. The Morgan fingerprint density at radius 2 is 1.76 bits per heavy atom. The molecule has 4 rings (SSSR count). The molecule has 5 nitrogen and oxygen atoms in total. The molecule has 0 spiro atoms. The Hall–Kier alpha value is -2.37. The summed E-state index contributed by atoms with van der Waals surface area (Å²) in [7, 11) is 0. The van der Waals surface area contributed by atoms with Crippen LogP contribution in [0.1, 0.15) is 16.2 Å². The van der Waals surface area contributed by atoms with E-state index in [9.17, 15) is 4.79 Å². The van der Waals surface area contributed by atoms with Crippen LogP contribution >= 0.6 is 23.2 Å². The van der Waals surface area contributed by atoms with Gasteiger partial charge in [0.1, 0.15) is 0 Å². The summed E-state index contributed by atoms with van der Waals surface area (Å²) in [5.41, 5.74) is 1.42. The van der Waals surface area contributed by atoms with Gasteiger partial charge in [0.2, 0.25) is 0 Å². The fraction of sp³-hybridized carbons (Fsp3) is 0.167. The molecule has 1 aromatic heterocycles. The number of hydrogen-bond donors (Lipinski definition) is 0. The zero-order chi connectivity index (χ0) is 17.4. The number of aromatic nitrogens is 3. The third-order valence-electron chi connectivity index (χ3n) is 4.25. The molecule has 3 aromatic rings. The predicted octanol–water partition coefficient (Wildman–Crippen LogP) is 3.91. The van der Waals surface area contributed by atoms with Crippen LogP contribution in [0.25, 0.3) is 11.4 Å². The van der Waals surface area contributed by atoms with Crippen LogP contribution in [0.15, 0.2) is 48.5 Å². The lowest BCUT2D eigenvalue weighted by Crippen LogP contribution is -2.38. The van der Waals surface area contributed by atoms with Crippen molar-refractivity contribution in [1.82, 2.24) is 19.7 Å². The number of amides is 1. The van der Waals surface area contributed by atoms with Gasteiger partial charge >= 0.3 is 0 Å². The van der Waals surface area contributed by atoms with Gasteiger partial charge in [0.15, 0.2) is 11.6 Å². The second kappa shape index (κ2) is 6.50. The minimum absolute atomic E-state index is 0.150. The van der Waals surface area contributed by atoms with Gasteiger partial charge in [-0.1, -0.05) is 59.6 Å². The molecule has 0 aliphatic carbocycles. The Kier molecular flexibility index (Phi) is 4.19. The summed E-state index contributed by atoms with van der Waals surface area (Å²) in [5, 5.41) is 9.21. The Labute approximate surface area is 154 Å². The zero-order valence-corrected chi connectivity index (χ0v) is 14.7. The topological polar surface area (TPSA) is 51.0 Å². The van der Waals surface area contributed by atoms with Crippen molar-refractivity contribution in [1.29, 1.82) is 0 Å². The van der Waals surface area contributed by atoms with Crippen LogP contribution in [-0.4, -0.2) is 32.1 Å². The van der Waals surface area contributed by atoms with Crippen LogP contribution < -0.4 is 0 Å². The van der Waals surface area contributed by atoms with Gasteiger partial charge in [-0.25, -0.2) is 0 Å². The largest absolute Gasteiger partial charge is 0.329 e. The number of halogens is 2. The van der Waals surface area contributed by atoms with E-state index in [0.717, 1.165) is 17.2 Å². The molecule has 1 aliphatic heterocycles. The van der Waals surface area contributed by atoms with Gasteiger partial charge < -0.3 is 9.47 Å². The van der Waals surface area contributed by atoms with Crippen LogP contribution in [0, 0.1) is 0 Å². The molecule has 0 bridgehead atoms. The number of hydrogen-bond acceptors (Lipinski definition) is 3. The average Bonchev–Trinajstić information content (AvgIpc) is 3.07. The molecule has 0 atom stereocenters. The third kappa shape index (κ3) is 2.90. The Balaban J connectivity index is 1.61. The molecule has 2 heterocycles. The van der Waals surface area contributed by atoms with E-state index in [4.69, 9.17) is 23.2 Å². The number of nitrogens with zero attached hydrogens (tertiary/aromatic N) is 4. The smallest absolute Gasteiger partial charge is 0.255 e. The molecule has 25 heavy (non-hydrogen) atoms. The van der Waals surface area contributed by atoms with E-state index in [-0.39, 0.29) is 10.9 Å². The molecule has 0 fully saturated rings. The third-order valence-corrected chi connectivity index (χ3v) is 5.07. The predicted molar refractivity (Wildman–Crippen MR) is 96.7 cm³/mol. The summed E-state index contributed by atoms with van der Waals surface area (Å²) in [6.07, 6.45) is 0. The lowest BCUT2D eigenvalue weighted by atomic mass is 10.1. The average molecular weight is 373 g/mol. The number of fused-ring (bicyclic) bond motifs is 1. The highest BCUT2D eigenvalue weighted by atomic mass is 35.5. The second-order valence-electron chi connectivity index (χ2n) is 5.79. The SMILES string of the molecule is O=C(c1cccc(Cl)c1Cl)N1CCn2c(nnc2-c2ccccc2)C1. The number of carbonyl (C=O) groups excluding carboxylic acids is 1. The van der Waals surface area contributed by atoms with Crippen molar-refractivity contribution >= 4 is 29.1 Å². The van der Waals surface area contributed by atoms with Crippen molar-refractivity contribution in [3.8, 4) is 11.4 Å². The van der Waals surface area contributed by atoms with Gasteiger partial charge in [0.05, 0.1) is 22.2 Å². The molecule has 7 heteroatoms. The highest BCUT2D eigenvalue weighted by molar-refractivity contribution is 6.43. The van der Waals surface area contributed by atoms with Crippen LogP contribution in [0.3, 0.4) is 0 Å². The molecule has 1 aliphatic rings. The summed E-state index contributed by atoms with van der Waals surface area (Å²) >= 11 is 12.2. The molecule has 0 unspecified atom stereocenters. The van der Waals surface area contributed by atoms with Crippen molar-refractivity contribution in [2.75, 3.05) is 6.54 Å². The molecule has 0 N–H and O–H groups in total. The molecular formula is C18H14Cl2N4O. The Morgan fingerprint density at radius 3 is 2.56 bits per heavy atom. The van der Waals surface area contributed by atoms with E-state index in [1.807, 2.05) is 30.3 Å². The van der Waals surface area contributed by atoms with Gasteiger partial charge in [-0.05, 0) is 12.1 Å². The lowest BCUT2D eigenvalue weighted by molar-refractivity contribution is 0.0708. The van der Waals surface area contributed by atoms with Gasteiger partial charge in [0, 0.05) is 18.7 Å². The maximum absolute atomic E-state index is 12.8. The van der Waals surface area contributed by atoms with Crippen LogP contribution in [0.5, 0.6) is 0 Å². The van der Waals surface area contributed by atoms with E-state index < -0.39 is 0 Å². The van der Waals surface area contributed by atoms with Crippen molar-refractivity contribution in [3.05, 3.63) is 70.0 Å².